The van der Waals surface area contributed by atoms with Crippen molar-refractivity contribution in [1.82, 2.24) is 24.9 Å². The lowest BCUT2D eigenvalue weighted by molar-refractivity contribution is 1.03. The van der Waals surface area contributed by atoms with Gasteiger partial charge in [-0.05, 0) is 58.7 Å². The Morgan fingerprint density at radius 3 is 1.25 bits per heavy atom. The Bertz CT molecular complexity index is 538. The third-order valence-electron chi connectivity index (χ3n) is 2.88. The molecule has 3 rings (SSSR count). The van der Waals surface area contributed by atoms with Crippen LogP contribution in [0.25, 0.3) is 0 Å². The molecule has 0 saturated heterocycles. The van der Waals surface area contributed by atoms with Crippen LogP contribution in [0.15, 0.2) is 43.1 Å². The number of rotatable bonds is 0. The summed E-state index contributed by atoms with van der Waals surface area (Å²) in [6.07, 6.45) is 9.00. The van der Waals surface area contributed by atoms with Gasteiger partial charge < -0.3 is 0 Å². The van der Waals surface area contributed by atoms with Gasteiger partial charge in [0.2, 0.25) is 0 Å². The van der Waals surface area contributed by atoms with Gasteiger partial charge in [-0.15, -0.1) is 0 Å². The van der Waals surface area contributed by atoms with E-state index in [0.29, 0.717) is 0 Å². The van der Waals surface area contributed by atoms with Gasteiger partial charge in [0.05, 0.1) is 11.4 Å². The maximum Gasteiger partial charge on any atom is 0.125 e. The van der Waals surface area contributed by atoms with Gasteiger partial charge >= 0.3 is 0 Å². The molecule has 0 radical (unpaired) electrons. The van der Waals surface area contributed by atoms with Gasteiger partial charge in [-0.25, -0.2) is 9.97 Å². The first-order chi connectivity index (χ1) is 11.4. The van der Waals surface area contributed by atoms with E-state index in [1.165, 1.54) is 5.56 Å². The van der Waals surface area contributed by atoms with E-state index in [1.807, 2.05) is 66.2 Å². The van der Waals surface area contributed by atoms with Gasteiger partial charge in [-0.2, -0.15) is 0 Å². The van der Waals surface area contributed by atoms with Gasteiger partial charge in [0, 0.05) is 36.7 Å². The number of aryl methyl sites for hydroxylation is 6. The summed E-state index contributed by atoms with van der Waals surface area (Å²) < 4.78 is 0. The fourth-order valence-electron chi connectivity index (χ4n) is 1.46. The average Bonchev–Trinajstić information content (AvgIpc) is 2.57. The summed E-state index contributed by atoms with van der Waals surface area (Å²) in [7, 11) is 0. The van der Waals surface area contributed by atoms with Crippen LogP contribution in [-0.2, 0) is 0 Å². The van der Waals surface area contributed by atoms with Gasteiger partial charge in [-0.3, -0.25) is 15.0 Å². The molecule has 3 heterocycles. The average molecular weight is 323 g/mol. The van der Waals surface area contributed by atoms with Crippen molar-refractivity contribution in [2.75, 3.05) is 0 Å². The number of hydrogen-bond acceptors (Lipinski definition) is 5. The number of nitrogens with zero attached hydrogens (tertiary/aromatic N) is 5. The minimum Gasteiger partial charge on any atom is -0.261 e. The molecule has 5 heteroatoms. The summed E-state index contributed by atoms with van der Waals surface area (Å²) in [5.74, 6) is 0.829. The molecule has 0 aliphatic rings. The summed E-state index contributed by atoms with van der Waals surface area (Å²) >= 11 is 0. The molecule has 0 aromatic carbocycles. The third kappa shape index (κ3) is 8.68. The van der Waals surface area contributed by atoms with E-state index in [2.05, 4.69) is 31.0 Å². The summed E-state index contributed by atoms with van der Waals surface area (Å²) in [4.78, 5) is 20.0. The van der Waals surface area contributed by atoms with Crippen molar-refractivity contribution < 1.29 is 0 Å². The number of pyridine rings is 1. The highest BCUT2D eigenvalue weighted by molar-refractivity contribution is 5.10. The molecular weight excluding hydrogens is 298 g/mol. The highest BCUT2D eigenvalue weighted by Gasteiger charge is 1.83. The molecular formula is C19H25N5. The molecule has 0 atom stereocenters. The summed E-state index contributed by atoms with van der Waals surface area (Å²) in [6, 6.07) is 4.07. The first-order valence-electron chi connectivity index (χ1n) is 7.76. The minimum atomic E-state index is 0.829. The Morgan fingerprint density at radius 2 is 0.917 bits per heavy atom. The molecule has 0 amide bonds. The Hall–Kier alpha value is -2.69. The largest absolute Gasteiger partial charge is 0.261 e. The highest BCUT2D eigenvalue weighted by Crippen LogP contribution is 1.94. The smallest absolute Gasteiger partial charge is 0.125 e. The van der Waals surface area contributed by atoms with Crippen LogP contribution in [0, 0.1) is 41.5 Å². The zero-order valence-electron chi connectivity index (χ0n) is 15.3. The van der Waals surface area contributed by atoms with Crippen molar-refractivity contribution in [1.29, 1.82) is 0 Å². The van der Waals surface area contributed by atoms with Crippen molar-refractivity contribution in [3.05, 3.63) is 77.2 Å². The van der Waals surface area contributed by atoms with Crippen molar-refractivity contribution in [3.8, 4) is 0 Å². The van der Waals surface area contributed by atoms with E-state index in [4.69, 9.17) is 0 Å². The quantitative estimate of drug-likeness (QED) is 0.628. The fraction of sp³-hybridized carbons (Fsp3) is 0.316. The topological polar surface area (TPSA) is 64.5 Å². The standard InChI is InChI=1S/C7H9N.2C6H8N2/c1-6-3-4-7(2)8-5-6;1-5-3-8-6(2)4-7-5;1-5-3-7-6(2)8-4-5/h3-5H,1-2H3;2*3-4H,1-2H3. The van der Waals surface area contributed by atoms with Crippen LogP contribution in [0.3, 0.4) is 0 Å². The lowest BCUT2D eigenvalue weighted by Crippen LogP contribution is -1.84. The molecule has 0 saturated carbocycles. The minimum absolute atomic E-state index is 0.829. The van der Waals surface area contributed by atoms with Gasteiger partial charge in [-0.1, -0.05) is 6.07 Å². The van der Waals surface area contributed by atoms with E-state index in [-0.39, 0.29) is 0 Å². The zero-order chi connectivity index (χ0) is 17.9. The summed E-state index contributed by atoms with van der Waals surface area (Å²) in [5, 5.41) is 0. The van der Waals surface area contributed by atoms with E-state index < -0.39 is 0 Å². The van der Waals surface area contributed by atoms with Crippen LogP contribution in [-0.4, -0.2) is 24.9 Å². The van der Waals surface area contributed by atoms with Gasteiger partial charge in [0.25, 0.3) is 0 Å². The van der Waals surface area contributed by atoms with Crippen LogP contribution < -0.4 is 0 Å². The van der Waals surface area contributed by atoms with Gasteiger partial charge in [0.15, 0.2) is 0 Å². The molecule has 0 unspecified atom stereocenters. The lowest BCUT2D eigenvalue weighted by atomic mass is 10.3. The van der Waals surface area contributed by atoms with Gasteiger partial charge in [0.1, 0.15) is 5.82 Å². The maximum atomic E-state index is 4.08. The molecule has 0 N–H and O–H groups in total. The fourth-order valence-corrected chi connectivity index (χ4v) is 1.46. The number of aromatic nitrogens is 5. The normalized spacial score (nSPS) is 9.25. The van der Waals surface area contributed by atoms with Crippen LogP contribution in [0.5, 0.6) is 0 Å². The predicted molar refractivity (Wildman–Crippen MR) is 96.7 cm³/mol. The van der Waals surface area contributed by atoms with Crippen molar-refractivity contribution in [2.45, 2.75) is 41.5 Å². The first-order valence-corrected chi connectivity index (χ1v) is 7.76. The van der Waals surface area contributed by atoms with E-state index in [0.717, 1.165) is 28.5 Å². The predicted octanol–water partition coefficient (Wildman–Crippen LogP) is 3.89. The third-order valence-corrected chi connectivity index (χ3v) is 2.88. The molecule has 5 nitrogen and oxygen atoms in total. The van der Waals surface area contributed by atoms with Crippen molar-refractivity contribution in [2.24, 2.45) is 0 Å². The van der Waals surface area contributed by atoms with Crippen LogP contribution >= 0.6 is 0 Å². The molecule has 3 aromatic heterocycles. The van der Waals surface area contributed by atoms with Crippen LogP contribution in [0.2, 0.25) is 0 Å². The molecule has 0 aliphatic heterocycles. The molecule has 0 spiro atoms. The van der Waals surface area contributed by atoms with Crippen molar-refractivity contribution >= 4 is 0 Å². The second-order valence-corrected chi connectivity index (χ2v) is 5.58. The molecule has 0 bridgehead atoms. The van der Waals surface area contributed by atoms with E-state index in [1.54, 1.807) is 12.4 Å². The summed E-state index contributed by atoms with van der Waals surface area (Å²) in [6.45, 7) is 11.7. The maximum absolute atomic E-state index is 4.08. The van der Waals surface area contributed by atoms with Crippen LogP contribution in [0.4, 0.5) is 0 Å². The monoisotopic (exact) mass is 323 g/mol. The molecule has 0 aliphatic carbocycles. The number of hydrogen-bond donors (Lipinski definition) is 0. The van der Waals surface area contributed by atoms with E-state index in [9.17, 15) is 0 Å². The second-order valence-electron chi connectivity index (χ2n) is 5.58. The lowest BCUT2D eigenvalue weighted by Gasteiger charge is -1.89. The molecule has 0 fully saturated rings. The molecule has 24 heavy (non-hydrogen) atoms. The molecule has 3 aromatic rings. The first kappa shape index (κ1) is 19.4. The Kier molecular flexibility index (Phi) is 8.19. The SMILES string of the molecule is Cc1ccc(C)nc1.Cc1cnc(C)cn1.Cc1cnc(C)nc1. The Labute approximate surface area is 144 Å². The Morgan fingerprint density at radius 1 is 0.458 bits per heavy atom. The van der Waals surface area contributed by atoms with Crippen molar-refractivity contribution in [3.63, 3.8) is 0 Å². The Balaban J connectivity index is 0.000000180. The highest BCUT2D eigenvalue weighted by atomic mass is 14.8. The molecule has 126 valence electrons. The van der Waals surface area contributed by atoms with Crippen LogP contribution in [0.1, 0.15) is 34.0 Å². The zero-order valence-corrected chi connectivity index (χ0v) is 15.3. The summed E-state index contributed by atoms with van der Waals surface area (Å²) in [5.41, 5.74) is 5.34. The van der Waals surface area contributed by atoms with E-state index >= 15 is 0 Å². The second kappa shape index (κ2) is 10.2.